The van der Waals surface area contributed by atoms with Gasteiger partial charge in [-0.15, -0.1) is 5.10 Å². The van der Waals surface area contributed by atoms with Crippen molar-refractivity contribution in [2.75, 3.05) is 19.7 Å². The Labute approximate surface area is 168 Å². The first-order chi connectivity index (χ1) is 14.1. The van der Waals surface area contributed by atoms with E-state index in [0.29, 0.717) is 24.2 Å². The van der Waals surface area contributed by atoms with Crippen LogP contribution in [0.4, 0.5) is 4.79 Å². The van der Waals surface area contributed by atoms with E-state index in [2.05, 4.69) is 26.3 Å². The summed E-state index contributed by atoms with van der Waals surface area (Å²) in [6.45, 7) is 2.49. The monoisotopic (exact) mass is 402 g/mol. The summed E-state index contributed by atoms with van der Waals surface area (Å²) >= 11 is 0. The second kappa shape index (κ2) is 9.85. The molecule has 0 radical (unpaired) electrons. The Morgan fingerprint density at radius 1 is 1.21 bits per heavy atom. The number of nitrogens with one attached hydrogen (secondary N) is 3. The Hall–Kier alpha value is -3.17. The Morgan fingerprint density at radius 3 is 2.76 bits per heavy atom. The van der Waals surface area contributed by atoms with Crippen LogP contribution in [0.2, 0.25) is 0 Å². The third kappa shape index (κ3) is 5.66. The van der Waals surface area contributed by atoms with Crippen LogP contribution in [-0.4, -0.2) is 58.6 Å². The van der Waals surface area contributed by atoms with Crippen molar-refractivity contribution in [3.05, 3.63) is 23.8 Å². The van der Waals surface area contributed by atoms with Crippen molar-refractivity contribution in [2.24, 2.45) is 0 Å². The lowest BCUT2D eigenvalue weighted by Gasteiger charge is -2.11. The average molecular weight is 402 g/mol. The number of hydrogen-bond donors (Lipinski definition) is 3. The van der Waals surface area contributed by atoms with Crippen molar-refractivity contribution in [2.45, 2.75) is 45.2 Å². The summed E-state index contributed by atoms with van der Waals surface area (Å²) in [6.07, 6.45) is 4.38. The molecule has 0 aliphatic heterocycles. The molecule has 0 saturated heterocycles. The second-order valence-electron chi connectivity index (χ2n) is 6.89. The Balaban J connectivity index is 1.50. The van der Waals surface area contributed by atoms with Crippen LogP contribution in [0.5, 0.6) is 0 Å². The van der Waals surface area contributed by atoms with Crippen LogP contribution < -0.4 is 16.0 Å². The van der Waals surface area contributed by atoms with Gasteiger partial charge in [0.1, 0.15) is 12.1 Å². The predicted molar refractivity (Wildman–Crippen MR) is 105 cm³/mol. The molecular weight excluding hydrogens is 376 g/mol. The summed E-state index contributed by atoms with van der Waals surface area (Å²) < 4.78 is 6.39. The zero-order chi connectivity index (χ0) is 20.6. The molecule has 1 aromatic carbocycles. The van der Waals surface area contributed by atoms with E-state index >= 15 is 0 Å². The summed E-state index contributed by atoms with van der Waals surface area (Å²) in [7, 11) is 0. The highest BCUT2D eigenvalue weighted by atomic mass is 16.5. The lowest BCUT2D eigenvalue weighted by atomic mass is 10.1. The minimum Gasteiger partial charge on any atom is -0.465 e. The van der Waals surface area contributed by atoms with Crippen LogP contribution in [0, 0.1) is 0 Å². The van der Waals surface area contributed by atoms with Crippen molar-refractivity contribution in [1.29, 1.82) is 0 Å². The molecule has 0 atom stereocenters. The predicted octanol–water partition coefficient (Wildman–Crippen LogP) is 0.966. The summed E-state index contributed by atoms with van der Waals surface area (Å²) in [6, 6.07) is 5.08. The number of ether oxygens (including phenoxy) is 1. The lowest BCUT2D eigenvalue weighted by molar-refractivity contribution is -0.141. The molecule has 0 unspecified atom stereocenters. The number of nitrogens with zero attached hydrogens (tertiary/aromatic N) is 3. The molecule has 1 aromatic heterocycles. The van der Waals surface area contributed by atoms with Crippen LogP contribution in [0.25, 0.3) is 11.0 Å². The van der Waals surface area contributed by atoms with Gasteiger partial charge in [0.2, 0.25) is 0 Å². The molecular formula is C19H26N6O4. The van der Waals surface area contributed by atoms with Gasteiger partial charge in [0, 0.05) is 18.2 Å². The van der Waals surface area contributed by atoms with Gasteiger partial charge >= 0.3 is 12.0 Å². The number of aromatic nitrogens is 3. The Bertz CT molecular complexity index is 875. The molecule has 1 heterocycles. The molecule has 1 fully saturated rings. The first-order valence-corrected chi connectivity index (χ1v) is 9.88. The van der Waals surface area contributed by atoms with Gasteiger partial charge in [0.15, 0.2) is 0 Å². The first kappa shape index (κ1) is 20.6. The summed E-state index contributed by atoms with van der Waals surface area (Å²) in [5.41, 5.74) is 1.96. The molecule has 1 aliphatic rings. The van der Waals surface area contributed by atoms with Crippen LogP contribution >= 0.6 is 0 Å². The molecule has 10 heteroatoms. The molecule has 2 aromatic rings. The normalized spacial score (nSPS) is 14.0. The van der Waals surface area contributed by atoms with E-state index in [1.807, 2.05) is 0 Å². The highest BCUT2D eigenvalue weighted by Crippen LogP contribution is 2.19. The van der Waals surface area contributed by atoms with Crippen molar-refractivity contribution < 1.29 is 19.1 Å². The zero-order valence-electron chi connectivity index (χ0n) is 16.4. The maximum Gasteiger partial charge on any atom is 0.325 e. The van der Waals surface area contributed by atoms with Gasteiger partial charge in [-0.05, 0) is 38.0 Å². The highest BCUT2D eigenvalue weighted by molar-refractivity contribution is 5.97. The molecule has 1 aliphatic carbocycles. The Kier molecular flexibility index (Phi) is 6.99. The third-order valence-corrected chi connectivity index (χ3v) is 4.77. The lowest BCUT2D eigenvalue weighted by Crippen LogP contribution is -2.40. The minimum absolute atomic E-state index is 0.0895. The highest BCUT2D eigenvalue weighted by Gasteiger charge is 2.18. The quantitative estimate of drug-likeness (QED) is 0.565. The summed E-state index contributed by atoms with van der Waals surface area (Å²) in [4.78, 5) is 35.3. The minimum atomic E-state index is -0.488. The van der Waals surface area contributed by atoms with E-state index in [1.54, 1.807) is 29.8 Å². The SMILES string of the molecule is CCOC(=O)CNC(=O)NCCn1nnc2cc(C(=O)NC3CCCC3)ccc21. The van der Waals surface area contributed by atoms with Crippen molar-refractivity contribution in [3.8, 4) is 0 Å². The molecule has 3 amide bonds. The number of urea groups is 1. The first-order valence-electron chi connectivity index (χ1n) is 9.88. The maximum atomic E-state index is 12.4. The fourth-order valence-corrected chi connectivity index (χ4v) is 3.32. The van der Waals surface area contributed by atoms with Crippen LogP contribution in [0.1, 0.15) is 43.0 Å². The number of rotatable bonds is 8. The molecule has 29 heavy (non-hydrogen) atoms. The van der Waals surface area contributed by atoms with E-state index in [9.17, 15) is 14.4 Å². The summed E-state index contributed by atoms with van der Waals surface area (Å²) in [5.74, 6) is -0.578. The number of amides is 3. The second-order valence-corrected chi connectivity index (χ2v) is 6.89. The molecule has 3 rings (SSSR count). The van der Waals surface area contributed by atoms with Gasteiger partial charge < -0.3 is 20.7 Å². The van der Waals surface area contributed by atoms with E-state index in [1.165, 1.54) is 0 Å². The van der Waals surface area contributed by atoms with Crippen molar-refractivity contribution >= 4 is 28.9 Å². The molecule has 10 nitrogen and oxygen atoms in total. The molecule has 0 spiro atoms. The van der Waals surface area contributed by atoms with Crippen LogP contribution in [0.3, 0.4) is 0 Å². The smallest absolute Gasteiger partial charge is 0.325 e. The fraction of sp³-hybridized carbons (Fsp3) is 0.526. The van der Waals surface area contributed by atoms with E-state index in [0.717, 1.165) is 31.2 Å². The van der Waals surface area contributed by atoms with Crippen molar-refractivity contribution in [1.82, 2.24) is 30.9 Å². The van der Waals surface area contributed by atoms with Gasteiger partial charge in [-0.1, -0.05) is 18.1 Å². The zero-order valence-corrected chi connectivity index (χ0v) is 16.4. The Morgan fingerprint density at radius 2 is 2.00 bits per heavy atom. The molecule has 0 bridgehead atoms. The topological polar surface area (TPSA) is 127 Å². The summed E-state index contributed by atoms with van der Waals surface area (Å²) in [5, 5.41) is 16.3. The number of hydrogen-bond acceptors (Lipinski definition) is 6. The van der Waals surface area contributed by atoms with Gasteiger partial charge in [0.25, 0.3) is 5.91 Å². The molecule has 3 N–H and O–H groups in total. The van der Waals surface area contributed by atoms with E-state index in [-0.39, 0.29) is 25.1 Å². The van der Waals surface area contributed by atoms with Crippen LogP contribution in [-0.2, 0) is 16.1 Å². The molecule has 1 saturated carbocycles. The molecule has 156 valence electrons. The number of fused-ring (bicyclic) bond motifs is 1. The standard InChI is InChI=1S/C19H26N6O4/c1-2-29-17(26)12-21-19(28)20-9-10-25-16-8-7-13(11-15(16)23-24-25)18(27)22-14-5-3-4-6-14/h7-8,11,14H,2-6,9-10,12H2,1H3,(H,22,27)(H2,20,21,28). The number of esters is 1. The van der Waals surface area contributed by atoms with Gasteiger partial charge in [-0.3, -0.25) is 9.59 Å². The largest absolute Gasteiger partial charge is 0.465 e. The number of carbonyl (C=O) groups is 3. The van der Waals surface area contributed by atoms with Crippen molar-refractivity contribution in [3.63, 3.8) is 0 Å². The average Bonchev–Trinajstić information content (AvgIpc) is 3.36. The van der Waals surface area contributed by atoms with E-state index in [4.69, 9.17) is 4.74 Å². The fourth-order valence-electron chi connectivity index (χ4n) is 3.32. The van der Waals surface area contributed by atoms with Gasteiger partial charge in [0.05, 0.1) is 18.7 Å². The number of benzene rings is 1. The van der Waals surface area contributed by atoms with E-state index < -0.39 is 12.0 Å². The van der Waals surface area contributed by atoms with Gasteiger partial charge in [-0.2, -0.15) is 0 Å². The third-order valence-electron chi connectivity index (χ3n) is 4.77. The number of carbonyl (C=O) groups excluding carboxylic acids is 3. The van der Waals surface area contributed by atoms with Gasteiger partial charge in [-0.25, -0.2) is 9.48 Å². The maximum absolute atomic E-state index is 12.4. The van der Waals surface area contributed by atoms with Crippen LogP contribution in [0.15, 0.2) is 18.2 Å².